The minimum absolute atomic E-state index is 0.145. The Morgan fingerprint density at radius 1 is 1.18 bits per heavy atom. The van der Waals surface area contributed by atoms with Gasteiger partial charge in [0.25, 0.3) is 5.91 Å². The second-order valence-electron chi connectivity index (χ2n) is 7.38. The van der Waals surface area contributed by atoms with Crippen LogP contribution < -0.4 is 14.4 Å². The zero-order valence-corrected chi connectivity index (χ0v) is 18.0. The first-order chi connectivity index (χ1) is 13.3. The largest absolute Gasteiger partial charge is 0.481 e. The molecule has 2 rings (SSSR count). The van der Waals surface area contributed by atoms with Gasteiger partial charge in [0, 0.05) is 13.6 Å². The molecule has 0 bridgehead atoms. The Bertz CT molecular complexity index is 713. The molecule has 1 aliphatic heterocycles. The van der Waals surface area contributed by atoms with E-state index in [0.29, 0.717) is 18.0 Å². The number of hydrogen-bond acceptors (Lipinski definition) is 5. The third kappa shape index (κ3) is 7.31. The molecule has 1 saturated heterocycles. The average Bonchev–Trinajstić information content (AvgIpc) is 2.93. The number of carbonyl (C=O) groups is 1. The van der Waals surface area contributed by atoms with E-state index < -0.39 is 16.1 Å². The molecule has 1 amide bonds. The average molecular weight is 412 g/mol. The molecule has 1 aromatic rings. The number of hydrogen-bond donors (Lipinski definition) is 1. The van der Waals surface area contributed by atoms with E-state index >= 15 is 0 Å². The Balaban J connectivity index is 1.72. The SMILES string of the molecule is C[C@H](Oc1ccc(N(C)S(C)(=O)=O)cc1)C(=O)NCCCN1CCCCCC1. The van der Waals surface area contributed by atoms with Crippen LogP contribution in [-0.2, 0) is 14.8 Å². The lowest BCUT2D eigenvalue weighted by Gasteiger charge is -2.20. The standard InChI is InChI=1S/C20H33N3O4S/c1-17(20(24)21-13-8-16-23-14-6-4-5-7-15-23)27-19-11-9-18(10-12-19)22(2)28(3,25)26/h9-12,17H,4-8,13-16H2,1-3H3,(H,21,24)/t17-/m0/s1. The number of anilines is 1. The van der Waals surface area contributed by atoms with Crippen LogP contribution >= 0.6 is 0 Å². The Hall–Kier alpha value is -1.80. The molecule has 0 radical (unpaired) electrons. The molecule has 0 aromatic heterocycles. The molecule has 1 heterocycles. The highest BCUT2D eigenvalue weighted by Crippen LogP contribution is 2.21. The number of benzene rings is 1. The molecule has 7 nitrogen and oxygen atoms in total. The van der Waals surface area contributed by atoms with Gasteiger partial charge in [0.05, 0.1) is 11.9 Å². The van der Waals surface area contributed by atoms with Gasteiger partial charge in [-0.2, -0.15) is 0 Å². The Morgan fingerprint density at radius 2 is 1.79 bits per heavy atom. The highest BCUT2D eigenvalue weighted by atomic mass is 32.2. The minimum atomic E-state index is -3.30. The van der Waals surface area contributed by atoms with Gasteiger partial charge >= 0.3 is 0 Å². The lowest BCUT2D eigenvalue weighted by Crippen LogP contribution is -2.38. The monoisotopic (exact) mass is 411 g/mol. The molecule has 0 aliphatic carbocycles. The summed E-state index contributed by atoms with van der Waals surface area (Å²) in [6.07, 6.45) is 6.67. The third-order valence-corrected chi connectivity index (χ3v) is 6.23. The minimum Gasteiger partial charge on any atom is -0.481 e. The molecular weight excluding hydrogens is 378 g/mol. The van der Waals surface area contributed by atoms with E-state index in [1.54, 1.807) is 31.2 Å². The van der Waals surface area contributed by atoms with Crippen LogP contribution in [0.3, 0.4) is 0 Å². The molecule has 0 saturated carbocycles. The molecular formula is C20H33N3O4S. The topological polar surface area (TPSA) is 78.9 Å². The molecule has 1 atom stereocenters. The van der Waals surface area contributed by atoms with Gasteiger partial charge in [0.1, 0.15) is 5.75 Å². The quantitative estimate of drug-likeness (QED) is 0.631. The van der Waals surface area contributed by atoms with Crippen molar-refractivity contribution in [3.8, 4) is 5.75 Å². The van der Waals surface area contributed by atoms with Crippen molar-refractivity contribution in [2.24, 2.45) is 0 Å². The number of carbonyl (C=O) groups excluding carboxylic acids is 1. The highest BCUT2D eigenvalue weighted by Gasteiger charge is 2.16. The van der Waals surface area contributed by atoms with Crippen LogP contribution in [0, 0.1) is 0 Å². The molecule has 1 aromatic carbocycles. The molecule has 1 aliphatic rings. The molecule has 1 N–H and O–H groups in total. The van der Waals surface area contributed by atoms with E-state index in [2.05, 4.69) is 10.2 Å². The van der Waals surface area contributed by atoms with Gasteiger partial charge in [-0.15, -0.1) is 0 Å². The van der Waals surface area contributed by atoms with Gasteiger partial charge in [-0.25, -0.2) is 8.42 Å². The molecule has 8 heteroatoms. The highest BCUT2D eigenvalue weighted by molar-refractivity contribution is 7.92. The van der Waals surface area contributed by atoms with Gasteiger partial charge in [-0.3, -0.25) is 9.10 Å². The van der Waals surface area contributed by atoms with Crippen LogP contribution in [0.25, 0.3) is 0 Å². The van der Waals surface area contributed by atoms with Crippen molar-refractivity contribution in [3.63, 3.8) is 0 Å². The first kappa shape index (κ1) is 22.5. The molecule has 158 valence electrons. The van der Waals surface area contributed by atoms with E-state index in [1.807, 2.05) is 0 Å². The van der Waals surface area contributed by atoms with Crippen molar-refractivity contribution in [3.05, 3.63) is 24.3 Å². The normalized spacial score (nSPS) is 16.8. The summed E-state index contributed by atoms with van der Waals surface area (Å²) in [5.41, 5.74) is 0.542. The van der Waals surface area contributed by atoms with E-state index in [9.17, 15) is 13.2 Å². The fraction of sp³-hybridized carbons (Fsp3) is 0.650. The maximum absolute atomic E-state index is 12.2. The van der Waals surface area contributed by atoms with Crippen molar-refractivity contribution in [2.75, 3.05) is 43.8 Å². The van der Waals surface area contributed by atoms with Crippen LogP contribution in [0.2, 0.25) is 0 Å². The number of rotatable bonds is 9. The van der Waals surface area contributed by atoms with Gasteiger partial charge in [0.15, 0.2) is 6.10 Å². The van der Waals surface area contributed by atoms with Crippen molar-refractivity contribution in [1.82, 2.24) is 10.2 Å². The molecule has 0 unspecified atom stereocenters. The summed E-state index contributed by atoms with van der Waals surface area (Å²) in [4.78, 5) is 14.7. The van der Waals surface area contributed by atoms with E-state index in [-0.39, 0.29) is 5.91 Å². The smallest absolute Gasteiger partial charge is 0.260 e. The molecule has 28 heavy (non-hydrogen) atoms. The fourth-order valence-corrected chi connectivity index (χ4v) is 3.71. The zero-order chi connectivity index (χ0) is 20.6. The third-order valence-electron chi connectivity index (χ3n) is 5.03. The van der Waals surface area contributed by atoms with Crippen molar-refractivity contribution < 1.29 is 17.9 Å². The van der Waals surface area contributed by atoms with Crippen LogP contribution in [0.15, 0.2) is 24.3 Å². The molecule has 1 fully saturated rings. The van der Waals surface area contributed by atoms with E-state index in [4.69, 9.17) is 4.74 Å². The van der Waals surface area contributed by atoms with Crippen molar-refractivity contribution in [2.45, 2.75) is 45.1 Å². The number of ether oxygens (including phenoxy) is 1. The van der Waals surface area contributed by atoms with E-state index in [1.165, 1.54) is 37.0 Å². The maximum Gasteiger partial charge on any atom is 0.260 e. The summed E-state index contributed by atoms with van der Waals surface area (Å²) in [7, 11) is -1.81. The molecule has 0 spiro atoms. The van der Waals surface area contributed by atoms with Gasteiger partial charge in [-0.05, 0) is 70.1 Å². The lowest BCUT2D eigenvalue weighted by molar-refractivity contribution is -0.127. The second-order valence-corrected chi connectivity index (χ2v) is 9.40. The Kier molecular flexibility index (Phi) is 8.57. The summed E-state index contributed by atoms with van der Waals surface area (Å²) >= 11 is 0. The first-order valence-corrected chi connectivity index (χ1v) is 11.8. The van der Waals surface area contributed by atoms with Gasteiger partial charge in [0.2, 0.25) is 10.0 Å². The fourth-order valence-electron chi connectivity index (χ4n) is 3.20. The van der Waals surface area contributed by atoms with Crippen LogP contribution in [0.1, 0.15) is 39.0 Å². The lowest BCUT2D eigenvalue weighted by atomic mass is 10.2. The second kappa shape index (κ2) is 10.7. The Labute approximate surface area is 169 Å². The predicted molar refractivity (Wildman–Crippen MR) is 112 cm³/mol. The number of likely N-dealkylation sites (tertiary alicyclic amines) is 1. The number of amides is 1. The number of sulfonamides is 1. The van der Waals surface area contributed by atoms with Crippen LogP contribution in [0.4, 0.5) is 5.69 Å². The maximum atomic E-state index is 12.2. The summed E-state index contributed by atoms with van der Waals surface area (Å²) in [5.74, 6) is 0.381. The van der Waals surface area contributed by atoms with Crippen molar-refractivity contribution >= 4 is 21.6 Å². The van der Waals surface area contributed by atoms with Crippen LogP contribution in [0.5, 0.6) is 5.75 Å². The van der Waals surface area contributed by atoms with Gasteiger partial charge < -0.3 is 15.0 Å². The summed E-state index contributed by atoms with van der Waals surface area (Å²) < 4.78 is 30.0. The number of nitrogens with zero attached hydrogens (tertiary/aromatic N) is 2. The number of nitrogens with one attached hydrogen (secondary N) is 1. The van der Waals surface area contributed by atoms with Crippen molar-refractivity contribution in [1.29, 1.82) is 0 Å². The summed E-state index contributed by atoms with van der Waals surface area (Å²) in [6.45, 7) is 5.70. The van der Waals surface area contributed by atoms with Crippen LogP contribution in [-0.4, -0.2) is 64.8 Å². The summed E-state index contributed by atoms with van der Waals surface area (Å²) in [5, 5.41) is 2.93. The van der Waals surface area contributed by atoms with Gasteiger partial charge in [-0.1, -0.05) is 12.8 Å². The summed E-state index contributed by atoms with van der Waals surface area (Å²) in [6, 6.07) is 6.64. The zero-order valence-electron chi connectivity index (χ0n) is 17.2. The van der Waals surface area contributed by atoms with E-state index in [0.717, 1.165) is 32.3 Å². The predicted octanol–water partition coefficient (Wildman–Crippen LogP) is 2.23. The Morgan fingerprint density at radius 3 is 2.36 bits per heavy atom. The first-order valence-electron chi connectivity index (χ1n) is 9.98.